The molecule has 1 saturated heterocycles. The van der Waals surface area contributed by atoms with E-state index in [9.17, 15) is 4.79 Å². The third kappa shape index (κ3) is 2.20. The maximum atomic E-state index is 10.9. The summed E-state index contributed by atoms with van der Waals surface area (Å²) in [5.74, 6) is 0. The number of rotatable bonds is 2. The molecule has 1 fully saturated rings. The highest BCUT2D eigenvalue weighted by Gasteiger charge is 2.21. The van der Waals surface area contributed by atoms with E-state index in [0.29, 0.717) is 6.04 Å². The van der Waals surface area contributed by atoms with Gasteiger partial charge < -0.3 is 4.90 Å². The van der Waals surface area contributed by atoms with Crippen molar-refractivity contribution in [1.29, 1.82) is 0 Å². The van der Waals surface area contributed by atoms with Crippen LogP contribution in [0.5, 0.6) is 0 Å². The average Bonchev–Trinajstić information content (AvgIpc) is 2.30. The molecule has 0 bridgehead atoms. The summed E-state index contributed by atoms with van der Waals surface area (Å²) < 4.78 is 0. The number of likely N-dealkylation sites (tertiary alicyclic amines) is 1. The Labute approximate surface area is 90.9 Å². The Morgan fingerprint density at radius 3 is 2.67 bits per heavy atom. The van der Waals surface area contributed by atoms with E-state index in [0.717, 1.165) is 25.8 Å². The summed E-state index contributed by atoms with van der Waals surface area (Å²) in [6.07, 6.45) is 4.45. The van der Waals surface area contributed by atoms with E-state index >= 15 is 0 Å². The van der Waals surface area contributed by atoms with Crippen LogP contribution >= 0.6 is 0 Å². The van der Waals surface area contributed by atoms with Crippen LogP contribution < -0.4 is 0 Å². The molecule has 1 unspecified atom stereocenters. The average molecular weight is 203 g/mol. The van der Waals surface area contributed by atoms with E-state index in [4.69, 9.17) is 0 Å². The fourth-order valence-electron chi connectivity index (χ4n) is 2.23. The second-order valence-corrected chi connectivity index (χ2v) is 4.27. The van der Waals surface area contributed by atoms with Gasteiger partial charge in [-0.3, -0.25) is 4.79 Å². The summed E-state index contributed by atoms with van der Waals surface area (Å²) in [6.45, 7) is 2.99. The van der Waals surface area contributed by atoms with E-state index in [1.165, 1.54) is 17.5 Å². The SMILES string of the molecule is Cc1ccc(C2CCCCN2C=O)cc1. The van der Waals surface area contributed by atoms with Gasteiger partial charge in [-0.1, -0.05) is 29.8 Å². The molecule has 2 nitrogen and oxygen atoms in total. The van der Waals surface area contributed by atoms with Crippen molar-refractivity contribution < 1.29 is 4.79 Å². The highest BCUT2D eigenvalue weighted by molar-refractivity contribution is 5.49. The van der Waals surface area contributed by atoms with Crippen molar-refractivity contribution in [3.8, 4) is 0 Å². The fourth-order valence-corrected chi connectivity index (χ4v) is 2.23. The zero-order valence-corrected chi connectivity index (χ0v) is 9.15. The molecule has 1 aliphatic heterocycles. The predicted molar refractivity (Wildman–Crippen MR) is 60.5 cm³/mol. The Hall–Kier alpha value is -1.31. The van der Waals surface area contributed by atoms with Gasteiger partial charge in [0.15, 0.2) is 0 Å². The van der Waals surface area contributed by atoms with Gasteiger partial charge in [-0.2, -0.15) is 0 Å². The summed E-state index contributed by atoms with van der Waals surface area (Å²) in [6, 6.07) is 8.82. The van der Waals surface area contributed by atoms with E-state index in [-0.39, 0.29) is 0 Å². The van der Waals surface area contributed by atoms with Crippen LogP contribution in [0.25, 0.3) is 0 Å². The molecule has 15 heavy (non-hydrogen) atoms. The molecule has 0 radical (unpaired) electrons. The van der Waals surface area contributed by atoms with Crippen LogP contribution in [0.1, 0.15) is 36.4 Å². The standard InChI is InChI=1S/C13H17NO/c1-11-5-7-12(8-6-11)13-4-2-3-9-14(13)10-15/h5-8,10,13H,2-4,9H2,1H3. The summed E-state index contributed by atoms with van der Waals surface area (Å²) in [5.41, 5.74) is 2.54. The van der Waals surface area contributed by atoms with Crippen LogP contribution in [0.15, 0.2) is 24.3 Å². The van der Waals surface area contributed by atoms with Crippen LogP contribution in [0, 0.1) is 6.92 Å². The van der Waals surface area contributed by atoms with Gasteiger partial charge in [0.25, 0.3) is 0 Å². The summed E-state index contributed by atoms with van der Waals surface area (Å²) in [4.78, 5) is 12.9. The molecule has 1 atom stereocenters. The number of hydrogen-bond acceptors (Lipinski definition) is 1. The van der Waals surface area contributed by atoms with Gasteiger partial charge in [-0.05, 0) is 31.7 Å². The van der Waals surface area contributed by atoms with E-state index in [1.807, 2.05) is 4.90 Å². The lowest BCUT2D eigenvalue weighted by molar-refractivity contribution is -0.121. The van der Waals surface area contributed by atoms with Crippen molar-refractivity contribution >= 4 is 6.41 Å². The second kappa shape index (κ2) is 4.47. The minimum Gasteiger partial charge on any atom is -0.338 e. The lowest BCUT2D eigenvalue weighted by Crippen LogP contribution is -2.32. The number of carbonyl (C=O) groups excluding carboxylic acids is 1. The van der Waals surface area contributed by atoms with E-state index < -0.39 is 0 Å². The molecular formula is C13H17NO. The second-order valence-electron chi connectivity index (χ2n) is 4.27. The minimum absolute atomic E-state index is 0.303. The lowest BCUT2D eigenvalue weighted by atomic mass is 9.95. The van der Waals surface area contributed by atoms with Crippen molar-refractivity contribution in [1.82, 2.24) is 4.90 Å². The first-order valence-corrected chi connectivity index (χ1v) is 5.59. The van der Waals surface area contributed by atoms with Gasteiger partial charge in [0, 0.05) is 6.54 Å². The molecule has 80 valence electrons. The van der Waals surface area contributed by atoms with Gasteiger partial charge in [0.1, 0.15) is 0 Å². The molecule has 0 aliphatic carbocycles. The first kappa shape index (κ1) is 10.2. The number of piperidine rings is 1. The topological polar surface area (TPSA) is 20.3 Å². The molecule has 2 heteroatoms. The van der Waals surface area contributed by atoms with Crippen molar-refractivity contribution in [3.63, 3.8) is 0 Å². The van der Waals surface area contributed by atoms with Crippen molar-refractivity contribution in [2.24, 2.45) is 0 Å². The molecule has 0 aromatic heterocycles. The van der Waals surface area contributed by atoms with Gasteiger partial charge in [-0.15, -0.1) is 0 Å². The van der Waals surface area contributed by atoms with Crippen molar-refractivity contribution in [2.45, 2.75) is 32.2 Å². The molecule has 0 spiro atoms. The molecule has 1 aromatic rings. The number of hydrogen-bond donors (Lipinski definition) is 0. The Bertz CT molecular complexity index is 331. The lowest BCUT2D eigenvalue weighted by Gasteiger charge is -2.33. The Morgan fingerprint density at radius 2 is 2.00 bits per heavy atom. The van der Waals surface area contributed by atoms with E-state index in [2.05, 4.69) is 31.2 Å². The zero-order chi connectivity index (χ0) is 10.7. The van der Waals surface area contributed by atoms with E-state index in [1.54, 1.807) is 0 Å². The third-order valence-corrected chi connectivity index (χ3v) is 3.14. The fraction of sp³-hybridized carbons (Fsp3) is 0.462. The van der Waals surface area contributed by atoms with Gasteiger partial charge in [0.05, 0.1) is 6.04 Å². The van der Waals surface area contributed by atoms with Crippen molar-refractivity contribution in [3.05, 3.63) is 35.4 Å². The van der Waals surface area contributed by atoms with Gasteiger partial charge in [0.2, 0.25) is 6.41 Å². The normalized spacial score (nSPS) is 21.4. The summed E-state index contributed by atoms with van der Waals surface area (Å²) in [7, 11) is 0. The summed E-state index contributed by atoms with van der Waals surface area (Å²) in [5, 5.41) is 0. The minimum atomic E-state index is 0.303. The molecular weight excluding hydrogens is 186 g/mol. The van der Waals surface area contributed by atoms with Crippen LogP contribution in [-0.4, -0.2) is 17.9 Å². The number of amides is 1. The highest BCUT2D eigenvalue weighted by Crippen LogP contribution is 2.29. The first-order valence-electron chi connectivity index (χ1n) is 5.59. The maximum absolute atomic E-state index is 10.9. The van der Waals surface area contributed by atoms with Crippen LogP contribution in [-0.2, 0) is 4.79 Å². The third-order valence-electron chi connectivity index (χ3n) is 3.14. The highest BCUT2D eigenvalue weighted by atomic mass is 16.1. The number of carbonyl (C=O) groups is 1. The number of aryl methyl sites for hydroxylation is 1. The molecule has 0 saturated carbocycles. The molecule has 2 rings (SSSR count). The predicted octanol–water partition coefficient (Wildman–Crippen LogP) is 2.68. The smallest absolute Gasteiger partial charge is 0.210 e. The quantitative estimate of drug-likeness (QED) is 0.677. The maximum Gasteiger partial charge on any atom is 0.210 e. The Kier molecular flexibility index (Phi) is 3.05. The molecule has 1 aromatic carbocycles. The van der Waals surface area contributed by atoms with Gasteiger partial charge >= 0.3 is 0 Å². The van der Waals surface area contributed by atoms with Gasteiger partial charge in [-0.25, -0.2) is 0 Å². The van der Waals surface area contributed by atoms with Crippen LogP contribution in [0.3, 0.4) is 0 Å². The molecule has 1 aliphatic rings. The monoisotopic (exact) mass is 203 g/mol. The van der Waals surface area contributed by atoms with Crippen molar-refractivity contribution in [2.75, 3.05) is 6.54 Å². The first-order chi connectivity index (χ1) is 7.31. The largest absolute Gasteiger partial charge is 0.338 e. The molecule has 0 N–H and O–H groups in total. The zero-order valence-electron chi connectivity index (χ0n) is 9.15. The number of benzene rings is 1. The Morgan fingerprint density at radius 1 is 1.27 bits per heavy atom. The van der Waals surface area contributed by atoms with Crippen LogP contribution in [0.2, 0.25) is 0 Å². The van der Waals surface area contributed by atoms with Crippen LogP contribution in [0.4, 0.5) is 0 Å². The molecule has 1 heterocycles. The molecule has 1 amide bonds. The Balaban J connectivity index is 2.20. The number of nitrogens with zero attached hydrogens (tertiary/aromatic N) is 1. The summed E-state index contributed by atoms with van der Waals surface area (Å²) >= 11 is 0.